The number of ether oxygens (including phenoxy) is 1. The van der Waals surface area contributed by atoms with Crippen molar-refractivity contribution in [3.05, 3.63) is 29.8 Å². The second kappa shape index (κ2) is 5.09. The largest absolute Gasteiger partial charge is 0.493 e. The molecule has 2 nitrogen and oxygen atoms in total. The highest BCUT2D eigenvalue weighted by molar-refractivity contribution is 5.38. The third-order valence-electron chi connectivity index (χ3n) is 4.14. The Bertz CT molecular complexity index is 371. The van der Waals surface area contributed by atoms with Crippen molar-refractivity contribution >= 4 is 0 Å². The zero-order valence-electron chi connectivity index (χ0n) is 10.9. The minimum Gasteiger partial charge on any atom is -0.493 e. The van der Waals surface area contributed by atoms with Crippen LogP contribution in [0.2, 0.25) is 0 Å². The molecule has 0 radical (unpaired) electrons. The van der Waals surface area contributed by atoms with Crippen LogP contribution >= 0.6 is 0 Å². The standard InChI is InChI=1S/C15H23NO/c1-3-15(16,4-2)11-12-9-10-17-14-8-6-5-7-13(12)14/h5-8,12H,3-4,9-11,16H2,1-2H3. The van der Waals surface area contributed by atoms with E-state index in [1.165, 1.54) is 5.56 Å². The van der Waals surface area contributed by atoms with Gasteiger partial charge in [0.25, 0.3) is 0 Å². The van der Waals surface area contributed by atoms with Gasteiger partial charge in [-0.25, -0.2) is 0 Å². The predicted octanol–water partition coefficient (Wildman–Crippen LogP) is 3.46. The lowest BCUT2D eigenvalue weighted by Gasteiger charge is -2.34. The van der Waals surface area contributed by atoms with E-state index in [1.54, 1.807) is 0 Å². The molecule has 2 N–H and O–H groups in total. The van der Waals surface area contributed by atoms with E-state index < -0.39 is 0 Å². The number of nitrogens with two attached hydrogens (primary N) is 1. The zero-order valence-corrected chi connectivity index (χ0v) is 10.9. The van der Waals surface area contributed by atoms with Crippen molar-refractivity contribution in [1.82, 2.24) is 0 Å². The van der Waals surface area contributed by atoms with Crippen molar-refractivity contribution in [2.75, 3.05) is 6.61 Å². The summed E-state index contributed by atoms with van der Waals surface area (Å²) in [5, 5.41) is 0. The van der Waals surface area contributed by atoms with Gasteiger partial charge in [0.05, 0.1) is 6.61 Å². The van der Waals surface area contributed by atoms with Crippen LogP contribution < -0.4 is 10.5 Å². The van der Waals surface area contributed by atoms with Gasteiger partial charge < -0.3 is 10.5 Å². The van der Waals surface area contributed by atoms with E-state index in [9.17, 15) is 0 Å². The van der Waals surface area contributed by atoms with Gasteiger partial charge in [-0.3, -0.25) is 0 Å². The van der Waals surface area contributed by atoms with Gasteiger partial charge in [-0.1, -0.05) is 32.0 Å². The van der Waals surface area contributed by atoms with Gasteiger partial charge in [0.1, 0.15) is 5.75 Å². The molecule has 1 atom stereocenters. The maximum absolute atomic E-state index is 6.44. The fourth-order valence-corrected chi connectivity index (χ4v) is 2.66. The molecule has 0 aromatic heterocycles. The highest BCUT2D eigenvalue weighted by Crippen LogP contribution is 2.38. The molecule has 1 unspecified atom stereocenters. The quantitative estimate of drug-likeness (QED) is 0.864. The highest BCUT2D eigenvalue weighted by Gasteiger charge is 2.29. The first kappa shape index (κ1) is 12.4. The molecule has 2 heteroatoms. The van der Waals surface area contributed by atoms with Crippen LogP contribution in [0.3, 0.4) is 0 Å². The van der Waals surface area contributed by atoms with Crippen molar-refractivity contribution < 1.29 is 4.74 Å². The predicted molar refractivity (Wildman–Crippen MR) is 71.4 cm³/mol. The third kappa shape index (κ3) is 2.63. The number of hydrogen-bond donors (Lipinski definition) is 1. The Labute approximate surface area is 104 Å². The van der Waals surface area contributed by atoms with Crippen LogP contribution in [-0.2, 0) is 0 Å². The molecule has 2 rings (SSSR count). The molecule has 1 heterocycles. The van der Waals surface area contributed by atoms with Crippen LogP contribution in [0.15, 0.2) is 24.3 Å². The number of para-hydroxylation sites is 1. The normalized spacial score (nSPS) is 19.6. The van der Waals surface area contributed by atoms with E-state index in [1.807, 2.05) is 6.07 Å². The van der Waals surface area contributed by atoms with Crippen molar-refractivity contribution in [3.8, 4) is 5.75 Å². The van der Waals surface area contributed by atoms with Gasteiger partial charge in [0.2, 0.25) is 0 Å². The molecule has 0 bridgehead atoms. The lowest BCUT2D eigenvalue weighted by molar-refractivity contribution is 0.237. The average Bonchev–Trinajstić information content (AvgIpc) is 2.39. The van der Waals surface area contributed by atoms with Crippen molar-refractivity contribution in [1.29, 1.82) is 0 Å². The second-order valence-electron chi connectivity index (χ2n) is 5.15. The van der Waals surface area contributed by atoms with Gasteiger partial charge in [0, 0.05) is 5.54 Å². The second-order valence-corrected chi connectivity index (χ2v) is 5.15. The maximum atomic E-state index is 6.44. The van der Waals surface area contributed by atoms with Gasteiger partial charge >= 0.3 is 0 Å². The molecule has 1 aliphatic rings. The Morgan fingerprint density at radius 3 is 2.71 bits per heavy atom. The fraction of sp³-hybridized carbons (Fsp3) is 0.600. The molecule has 1 aliphatic heterocycles. The Balaban J connectivity index is 2.19. The highest BCUT2D eigenvalue weighted by atomic mass is 16.5. The number of hydrogen-bond acceptors (Lipinski definition) is 2. The third-order valence-corrected chi connectivity index (χ3v) is 4.14. The van der Waals surface area contributed by atoms with E-state index in [4.69, 9.17) is 10.5 Å². The summed E-state index contributed by atoms with van der Waals surface area (Å²) in [5.41, 5.74) is 7.77. The van der Waals surface area contributed by atoms with E-state index in [0.717, 1.165) is 38.0 Å². The molecular formula is C15H23NO. The maximum Gasteiger partial charge on any atom is 0.122 e. The van der Waals surface area contributed by atoms with E-state index >= 15 is 0 Å². The first-order chi connectivity index (χ1) is 8.18. The topological polar surface area (TPSA) is 35.2 Å². The zero-order chi connectivity index (χ0) is 12.3. The SMILES string of the molecule is CCC(N)(CC)CC1CCOc2ccccc21. The van der Waals surface area contributed by atoms with E-state index in [-0.39, 0.29) is 5.54 Å². The van der Waals surface area contributed by atoms with Crippen LogP contribution in [0.5, 0.6) is 5.75 Å². The Morgan fingerprint density at radius 2 is 2.00 bits per heavy atom. The molecule has 94 valence electrons. The minimum atomic E-state index is -0.0187. The molecule has 17 heavy (non-hydrogen) atoms. The smallest absolute Gasteiger partial charge is 0.122 e. The summed E-state index contributed by atoms with van der Waals surface area (Å²) in [6.07, 6.45) is 4.25. The Morgan fingerprint density at radius 1 is 1.29 bits per heavy atom. The van der Waals surface area contributed by atoms with Crippen molar-refractivity contribution in [2.24, 2.45) is 5.73 Å². The van der Waals surface area contributed by atoms with Crippen LogP contribution in [0, 0.1) is 0 Å². The Hall–Kier alpha value is -1.02. The van der Waals surface area contributed by atoms with E-state index in [2.05, 4.69) is 32.0 Å². The first-order valence-electron chi connectivity index (χ1n) is 6.69. The molecule has 0 saturated heterocycles. The van der Waals surface area contributed by atoms with Crippen molar-refractivity contribution in [3.63, 3.8) is 0 Å². The summed E-state index contributed by atoms with van der Waals surface area (Å²) >= 11 is 0. The Kier molecular flexibility index (Phi) is 3.72. The fourth-order valence-electron chi connectivity index (χ4n) is 2.66. The first-order valence-corrected chi connectivity index (χ1v) is 6.69. The monoisotopic (exact) mass is 233 g/mol. The lowest BCUT2D eigenvalue weighted by Crippen LogP contribution is -2.40. The van der Waals surface area contributed by atoms with Gasteiger partial charge in [-0.05, 0) is 43.2 Å². The summed E-state index contributed by atoms with van der Waals surface area (Å²) in [6.45, 7) is 5.20. The van der Waals surface area contributed by atoms with Gasteiger partial charge in [-0.2, -0.15) is 0 Å². The number of benzene rings is 1. The van der Waals surface area contributed by atoms with Crippen LogP contribution in [0.4, 0.5) is 0 Å². The molecule has 1 aromatic rings. The number of fused-ring (bicyclic) bond motifs is 1. The van der Waals surface area contributed by atoms with Gasteiger partial charge in [0.15, 0.2) is 0 Å². The summed E-state index contributed by atoms with van der Waals surface area (Å²) in [4.78, 5) is 0. The average molecular weight is 233 g/mol. The molecule has 0 spiro atoms. The van der Waals surface area contributed by atoms with Crippen LogP contribution in [0.25, 0.3) is 0 Å². The molecule has 0 fully saturated rings. The summed E-state index contributed by atoms with van der Waals surface area (Å²) in [5.74, 6) is 1.61. The molecule has 0 amide bonds. The minimum absolute atomic E-state index is 0.0187. The van der Waals surface area contributed by atoms with E-state index in [0.29, 0.717) is 5.92 Å². The summed E-state index contributed by atoms with van der Waals surface area (Å²) in [6, 6.07) is 8.38. The molecule has 0 aliphatic carbocycles. The molecule has 1 aromatic carbocycles. The van der Waals surface area contributed by atoms with Crippen LogP contribution in [0.1, 0.15) is 51.0 Å². The summed E-state index contributed by atoms with van der Waals surface area (Å²) < 4.78 is 5.69. The van der Waals surface area contributed by atoms with Crippen LogP contribution in [-0.4, -0.2) is 12.1 Å². The lowest BCUT2D eigenvalue weighted by atomic mass is 9.79. The number of rotatable bonds is 4. The van der Waals surface area contributed by atoms with Gasteiger partial charge in [-0.15, -0.1) is 0 Å². The molecule has 0 saturated carbocycles. The summed E-state index contributed by atoms with van der Waals surface area (Å²) in [7, 11) is 0. The van der Waals surface area contributed by atoms with Crippen molar-refractivity contribution in [2.45, 2.75) is 51.0 Å². The molecular weight excluding hydrogens is 210 g/mol.